The van der Waals surface area contributed by atoms with E-state index in [4.69, 9.17) is 5.73 Å². The standard InChI is InChI=1S/C14H17N3/c1-9(2)12-8-13(15)17-14(16-12)11-7-5-4-6-10(11)3/h4-9H,1-3H3,(H2,15,16,17). The third-order valence-electron chi connectivity index (χ3n) is 2.74. The average Bonchev–Trinajstić information content (AvgIpc) is 2.28. The number of hydrogen-bond acceptors (Lipinski definition) is 3. The fraction of sp³-hybridized carbons (Fsp3) is 0.286. The van der Waals surface area contributed by atoms with Gasteiger partial charge in [-0.1, -0.05) is 38.1 Å². The Hall–Kier alpha value is -1.90. The van der Waals surface area contributed by atoms with E-state index >= 15 is 0 Å². The summed E-state index contributed by atoms with van der Waals surface area (Å²) in [7, 11) is 0. The van der Waals surface area contributed by atoms with Crippen LogP contribution in [0, 0.1) is 6.92 Å². The largest absolute Gasteiger partial charge is 0.384 e. The third kappa shape index (κ3) is 2.44. The quantitative estimate of drug-likeness (QED) is 0.857. The van der Waals surface area contributed by atoms with Gasteiger partial charge in [0.05, 0.1) is 0 Å². The molecule has 0 atom stereocenters. The second-order valence-corrected chi connectivity index (χ2v) is 4.51. The lowest BCUT2D eigenvalue weighted by molar-refractivity contribution is 0.818. The number of benzene rings is 1. The Bertz CT molecular complexity index is 533. The third-order valence-corrected chi connectivity index (χ3v) is 2.74. The molecule has 0 saturated heterocycles. The van der Waals surface area contributed by atoms with Crippen molar-refractivity contribution in [2.24, 2.45) is 0 Å². The molecule has 3 nitrogen and oxygen atoms in total. The van der Waals surface area contributed by atoms with Gasteiger partial charge in [-0.3, -0.25) is 0 Å². The monoisotopic (exact) mass is 227 g/mol. The molecule has 0 radical (unpaired) electrons. The van der Waals surface area contributed by atoms with Crippen molar-refractivity contribution >= 4 is 5.82 Å². The molecule has 0 fully saturated rings. The van der Waals surface area contributed by atoms with Crippen LogP contribution in [-0.2, 0) is 0 Å². The average molecular weight is 227 g/mol. The fourth-order valence-corrected chi connectivity index (χ4v) is 1.73. The molecule has 17 heavy (non-hydrogen) atoms. The molecule has 2 aromatic rings. The van der Waals surface area contributed by atoms with E-state index in [0.29, 0.717) is 17.6 Å². The van der Waals surface area contributed by atoms with Gasteiger partial charge < -0.3 is 5.73 Å². The molecule has 2 rings (SSSR count). The maximum atomic E-state index is 5.83. The predicted octanol–water partition coefficient (Wildman–Crippen LogP) is 3.16. The first-order valence-corrected chi connectivity index (χ1v) is 5.78. The number of nitrogens with two attached hydrogens (primary N) is 1. The number of nitrogens with zero attached hydrogens (tertiary/aromatic N) is 2. The van der Waals surface area contributed by atoms with Crippen LogP contribution in [0.25, 0.3) is 11.4 Å². The minimum Gasteiger partial charge on any atom is -0.384 e. The summed E-state index contributed by atoms with van der Waals surface area (Å²) in [4.78, 5) is 8.89. The van der Waals surface area contributed by atoms with Crippen molar-refractivity contribution in [3.05, 3.63) is 41.6 Å². The van der Waals surface area contributed by atoms with Gasteiger partial charge in [0.1, 0.15) is 5.82 Å². The van der Waals surface area contributed by atoms with E-state index in [9.17, 15) is 0 Å². The zero-order chi connectivity index (χ0) is 12.4. The molecule has 1 aromatic carbocycles. The molecule has 88 valence electrons. The molecule has 0 aliphatic rings. The number of nitrogen functional groups attached to an aromatic ring is 1. The SMILES string of the molecule is Cc1ccccc1-c1nc(N)cc(C(C)C)n1. The van der Waals surface area contributed by atoms with Crippen LogP contribution in [0.2, 0.25) is 0 Å². The Kier molecular flexibility index (Phi) is 3.09. The lowest BCUT2D eigenvalue weighted by atomic mass is 10.1. The molecular weight excluding hydrogens is 210 g/mol. The van der Waals surface area contributed by atoms with Crippen molar-refractivity contribution in [1.82, 2.24) is 9.97 Å². The minimum atomic E-state index is 0.350. The predicted molar refractivity (Wildman–Crippen MR) is 70.7 cm³/mol. The van der Waals surface area contributed by atoms with Crippen molar-refractivity contribution in [1.29, 1.82) is 0 Å². The van der Waals surface area contributed by atoms with Gasteiger partial charge in [0, 0.05) is 17.3 Å². The number of rotatable bonds is 2. The first-order chi connectivity index (χ1) is 8.08. The Labute approximate surface area is 102 Å². The minimum absolute atomic E-state index is 0.350. The smallest absolute Gasteiger partial charge is 0.162 e. The van der Waals surface area contributed by atoms with E-state index in [2.05, 4.69) is 36.8 Å². The van der Waals surface area contributed by atoms with Crippen LogP contribution < -0.4 is 5.73 Å². The molecule has 0 bridgehead atoms. The molecule has 0 saturated carbocycles. The maximum Gasteiger partial charge on any atom is 0.162 e. The number of anilines is 1. The normalized spacial score (nSPS) is 10.8. The van der Waals surface area contributed by atoms with E-state index in [1.165, 1.54) is 0 Å². The molecule has 0 unspecified atom stereocenters. The highest BCUT2D eigenvalue weighted by Crippen LogP contribution is 2.23. The van der Waals surface area contributed by atoms with Gasteiger partial charge in [0.2, 0.25) is 0 Å². The molecule has 0 spiro atoms. The van der Waals surface area contributed by atoms with Crippen LogP contribution >= 0.6 is 0 Å². The van der Waals surface area contributed by atoms with E-state index in [1.807, 2.05) is 24.3 Å². The lowest BCUT2D eigenvalue weighted by Gasteiger charge is -2.09. The van der Waals surface area contributed by atoms with Gasteiger partial charge in [-0.15, -0.1) is 0 Å². The Morgan fingerprint density at radius 2 is 1.82 bits per heavy atom. The van der Waals surface area contributed by atoms with Crippen molar-refractivity contribution in [3.8, 4) is 11.4 Å². The van der Waals surface area contributed by atoms with Gasteiger partial charge in [-0.25, -0.2) is 9.97 Å². The molecular formula is C14H17N3. The first-order valence-electron chi connectivity index (χ1n) is 5.78. The van der Waals surface area contributed by atoms with Crippen LogP contribution in [0.4, 0.5) is 5.82 Å². The van der Waals surface area contributed by atoms with Gasteiger partial charge in [-0.2, -0.15) is 0 Å². The molecule has 0 aliphatic heterocycles. The summed E-state index contributed by atoms with van der Waals surface area (Å²) in [5, 5.41) is 0. The van der Waals surface area contributed by atoms with E-state index in [-0.39, 0.29) is 0 Å². The van der Waals surface area contributed by atoms with Gasteiger partial charge in [0.25, 0.3) is 0 Å². The second kappa shape index (κ2) is 4.53. The van der Waals surface area contributed by atoms with Crippen molar-refractivity contribution < 1.29 is 0 Å². The number of aromatic nitrogens is 2. The molecule has 1 heterocycles. The summed E-state index contributed by atoms with van der Waals surface area (Å²) in [6.07, 6.45) is 0. The van der Waals surface area contributed by atoms with Crippen molar-refractivity contribution in [2.75, 3.05) is 5.73 Å². The van der Waals surface area contributed by atoms with E-state index < -0.39 is 0 Å². The zero-order valence-corrected chi connectivity index (χ0v) is 10.4. The van der Waals surface area contributed by atoms with Crippen molar-refractivity contribution in [3.63, 3.8) is 0 Å². The van der Waals surface area contributed by atoms with Crippen LogP contribution in [0.15, 0.2) is 30.3 Å². The molecule has 0 amide bonds. The lowest BCUT2D eigenvalue weighted by Crippen LogP contribution is -2.02. The molecule has 1 aromatic heterocycles. The van der Waals surface area contributed by atoms with E-state index in [0.717, 1.165) is 16.8 Å². The summed E-state index contributed by atoms with van der Waals surface area (Å²) < 4.78 is 0. The molecule has 3 heteroatoms. The highest BCUT2D eigenvalue weighted by atomic mass is 14.9. The summed E-state index contributed by atoms with van der Waals surface area (Å²) in [6.45, 7) is 6.25. The van der Waals surface area contributed by atoms with Crippen LogP contribution in [0.3, 0.4) is 0 Å². The highest BCUT2D eigenvalue weighted by Gasteiger charge is 2.09. The van der Waals surface area contributed by atoms with Crippen LogP contribution in [0.5, 0.6) is 0 Å². The summed E-state index contributed by atoms with van der Waals surface area (Å²) in [5.74, 6) is 1.59. The maximum absolute atomic E-state index is 5.83. The Morgan fingerprint density at radius 1 is 1.12 bits per heavy atom. The first kappa shape index (κ1) is 11.6. The number of aryl methyl sites for hydroxylation is 1. The van der Waals surface area contributed by atoms with Crippen LogP contribution in [0.1, 0.15) is 31.0 Å². The fourth-order valence-electron chi connectivity index (χ4n) is 1.73. The zero-order valence-electron chi connectivity index (χ0n) is 10.4. The molecule has 2 N–H and O–H groups in total. The van der Waals surface area contributed by atoms with Crippen LogP contribution in [-0.4, -0.2) is 9.97 Å². The highest BCUT2D eigenvalue weighted by molar-refractivity contribution is 5.61. The Balaban J connectivity index is 2.56. The number of hydrogen-bond donors (Lipinski definition) is 1. The molecule has 0 aliphatic carbocycles. The van der Waals surface area contributed by atoms with Gasteiger partial charge in [-0.05, 0) is 18.4 Å². The van der Waals surface area contributed by atoms with Gasteiger partial charge in [0.15, 0.2) is 5.82 Å². The van der Waals surface area contributed by atoms with Crippen molar-refractivity contribution in [2.45, 2.75) is 26.7 Å². The Morgan fingerprint density at radius 3 is 2.47 bits per heavy atom. The topological polar surface area (TPSA) is 51.8 Å². The second-order valence-electron chi connectivity index (χ2n) is 4.51. The van der Waals surface area contributed by atoms with E-state index in [1.54, 1.807) is 0 Å². The summed E-state index contributed by atoms with van der Waals surface area (Å²) >= 11 is 0. The van der Waals surface area contributed by atoms with Gasteiger partial charge >= 0.3 is 0 Å². The summed E-state index contributed by atoms with van der Waals surface area (Å²) in [6, 6.07) is 9.91. The summed E-state index contributed by atoms with van der Waals surface area (Å²) in [5.41, 5.74) is 9.02.